The molecule has 0 bridgehead atoms. The fourth-order valence-corrected chi connectivity index (χ4v) is 3.94. The first-order valence-electron chi connectivity index (χ1n) is 8.32. The van der Waals surface area contributed by atoms with E-state index in [1.807, 2.05) is 38.1 Å². The molecule has 2 N–H and O–H groups in total. The van der Waals surface area contributed by atoms with Crippen molar-refractivity contribution in [1.82, 2.24) is 9.97 Å². The van der Waals surface area contributed by atoms with Gasteiger partial charge in [-0.1, -0.05) is 24.3 Å². The Morgan fingerprint density at radius 1 is 1.19 bits per heavy atom. The van der Waals surface area contributed by atoms with E-state index in [1.165, 1.54) is 24.0 Å². The van der Waals surface area contributed by atoms with Crippen molar-refractivity contribution in [3.63, 3.8) is 0 Å². The van der Waals surface area contributed by atoms with Crippen LogP contribution in [0.5, 0.6) is 0 Å². The van der Waals surface area contributed by atoms with E-state index in [9.17, 15) is 4.79 Å². The summed E-state index contributed by atoms with van der Waals surface area (Å²) in [7, 11) is 1.38. The van der Waals surface area contributed by atoms with Crippen LogP contribution in [0.25, 0.3) is 10.2 Å². The van der Waals surface area contributed by atoms with Gasteiger partial charge in [-0.05, 0) is 37.0 Å². The minimum atomic E-state index is -0.349. The molecule has 26 heavy (non-hydrogen) atoms. The molecule has 0 fully saturated rings. The molecule has 0 radical (unpaired) electrons. The number of aromatic nitrogens is 2. The summed E-state index contributed by atoms with van der Waals surface area (Å²) in [6.45, 7) is 4.48. The van der Waals surface area contributed by atoms with Crippen LogP contribution in [0.15, 0.2) is 24.3 Å². The van der Waals surface area contributed by atoms with E-state index >= 15 is 0 Å². The van der Waals surface area contributed by atoms with Crippen LogP contribution in [0.1, 0.15) is 32.2 Å². The van der Waals surface area contributed by atoms with Gasteiger partial charge >= 0.3 is 5.97 Å². The van der Waals surface area contributed by atoms with Gasteiger partial charge in [-0.25, -0.2) is 14.8 Å². The van der Waals surface area contributed by atoms with Crippen LogP contribution in [0.3, 0.4) is 0 Å². The SMILES string of the molecule is COC(=O)c1sc2nc(C)nc(NCCc3ccc(CO)cc3)c2c1C. The van der Waals surface area contributed by atoms with Gasteiger partial charge in [0.25, 0.3) is 0 Å². The summed E-state index contributed by atoms with van der Waals surface area (Å²) in [6, 6.07) is 7.88. The fourth-order valence-electron chi connectivity index (χ4n) is 2.80. The van der Waals surface area contributed by atoms with Crippen LogP contribution in [0.2, 0.25) is 0 Å². The molecule has 0 atom stereocenters. The number of hydrogen-bond acceptors (Lipinski definition) is 7. The molecule has 0 saturated carbocycles. The number of carbonyl (C=O) groups excluding carboxylic acids is 1. The number of carbonyl (C=O) groups is 1. The van der Waals surface area contributed by atoms with E-state index in [0.717, 1.165) is 33.6 Å². The second kappa shape index (κ2) is 7.80. The number of aliphatic hydroxyl groups is 1. The number of ether oxygens (including phenoxy) is 1. The molecular formula is C19H21N3O3S. The second-order valence-corrected chi connectivity index (χ2v) is 7.00. The van der Waals surface area contributed by atoms with Crippen molar-refractivity contribution in [3.8, 4) is 0 Å². The van der Waals surface area contributed by atoms with E-state index in [4.69, 9.17) is 9.84 Å². The van der Waals surface area contributed by atoms with Crippen LogP contribution in [0.4, 0.5) is 5.82 Å². The lowest BCUT2D eigenvalue weighted by atomic mass is 10.1. The Kier molecular flexibility index (Phi) is 5.49. The highest BCUT2D eigenvalue weighted by Crippen LogP contribution is 2.34. The van der Waals surface area contributed by atoms with Crippen molar-refractivity contribution in [1.29, 1.82) is 0 Å². The molecule has 7 heteroatoms. The minimum absolute atomic E-state index is 0.0523. The fraction of sp³-hybridized carbons (Fsp3) is 0.316. The molecule has 6 nitrogen and oxygen atoms in total. The number of nitrogens with one attached hydrogen (secondary N) is 1. The number of benzene rings is 1. The molecule has 0 amide bonds. The lowest BCUT2D eigenvalue weighted by Crippen LogP contribution is -2.08. The number of hydrogen-bond donors (Lipinski definition) is 2. The Morgan fingerprint density at radius 2 is 1.88 bits per heavy atom. The number of nitrogens with zero attached hydrogens (tertiary/aromatic N) is 2. The molecule has 0 aliphatic heterocycles. The summed E-state index contributed by atoms with van der Waals surface area (Å²) < 4.78 is 4.86. The third-order valence-electron chi connectivity index (χ3n) is 4.18. The number of fused-ring (bicyclic) bond motifs is 1. The first-order chi connectivity index (χ1) is 12.5. The van der Waals surface area contributed by atoms with Crippen LogP contribution in [-0.2, 0) is 17.8 Å². The normalized spacial score (nSPS) is 10.9. The molecule has 0 saturated heterocycles. The number of aliphatic hydroxyl groups excluding tert-OH is 1. The summed E-state index contributed by atoms with van der Waals surface area (Å²) in [6.07, 6.45) is 0.823. The molecule has 3 rings (SSSR count). The third kappa shape index (κ3) is 3.68. The highest BCUT2D eigenvalue weighted by atomic mass is 32.1. The average Bonchev–Trinajstić information content (AvgIpc) is 2.98. The molecule has 136 valence electrons. The van der Waals surface area contributed by atoms with Crippen molar-refractivity contribution in [2.75, 3.05) is 19.0 Å². The van der Waals surface area contributed by atoms with E-state index in [-0.39, 0.29) is 12.6 Å². The summed E-state index contributed by atoms with van der Waals surface area (Å²) in [5.41, 5.74) is 2.92. The summed E-state index contributed by atoms with van der Waals surface area (Å²) in [5.74, 6) is 1.05. The lowest BCUT2D eigenvalue weighted by Gasteiger charge is -2.09. The smallest absolute Gasteiger partial charge is 0.348 e. The van der Waals surface area contributed by atoms with Gasteiger partial charge < -0.3 is 15.2 Å². The first-order valence-corrected chi connectivity index (χ1v) is 9.13. The Morgan fingerprint density at radius 3 is 2.54 bits per heavy atom. The minimum Gasteiger partial charge on any atom is -0.465 e. The van der Waals surface area contributed by atoms with Gasteiger partial charge in [0, 0.05) is 6.54 Å². The predicted molar refractivity (Wildman–Crippen MR) is 103 cm³/mol. The number of rotatable bonds is 6. The van der Waals surface area contributed by atoms with E-state index in [2.05, 4.69) is 15.3 Å². The van der Waals surface area contributed by atoms with Crippen molar-refractivity contribution in [2.45, 2.75) is 26.9 Å². The number of methoxy groups -OCH3 is 1. The molecule has 2 aromatic heterocycles. The number of esters is 1. The number of thiophene rings is 1. The quantitative estimate of drug-likeness (QED) is 0.647. The molecule has 2 heterocycles. The van der Waals surface area contributed by atoms with Crippen LogP contribution >= 0.6 is 11.3 Å². The maximum atomic E-state index is 12.0. The maximum Gasteiger partial charge on any atom is 0.348 e. The Hall–Kier alpha value is -2.51. The largest absolute Gasteiger partial charge is 0.465 e. The Balaban J connectivity index is 1.82. The highest BCUT2D eigenvalue weighted by Gasteiger charge is 2.20. The summed E-state index contributed by atoms with van der Waals surface area (Å²) in [4.78, 5) is 22.3. The molecule has 0 spiro atoms. The Labute approximate surface area is 155 Å². The lowest BCUT2D eigenvalue weighted by molar-refractivity contribution is 0.0605. The molecule has 3 aromatic rings. The third-order valence-corrected chi connectivity index (χ3v) is 5.35. The van der Waals surface area contributed by atoms with E-state index < -0.39 is 0 Å². The van der Waals surface area contributed by atoms with Gasteiger partial charge in [-0.15, -0.1) is 11.3 Å². The van der Waals surface area contributed by atoms with Gasteiger partial charge in [-0.3, -0.25) is 0 Å². The molecule has 0 unspecified atom stereocenters. The first kappa shape index (κ1) is 18.3. The summed E-state index contributed by atoms with van der Waals surface area (Å²) in [5, 5.41) is 13.3. The van der Waals surface area contributed by atoms with Gasteiger partial charge in [0.15, 0.2) is 0 Å². The van der Waals surface area contributed by atoms with Crippen LogP contribution in [-0.4, -0.2) is 34.7 Å². The van der Waals surface area contributed by atoms with Crippen LogP contribution in [0, 0.1) is 13.8 Å². The van der Waals surface area contributed by atoms with Crippen molar-refractivity contribution >= 4 is 33.3 Å². The highest BCUT2D eigenvalue weighted by molar-refractivity contribution is 7.20. The molecule has 1 aromatic carbocycles. The molecule has 0 aliphatic carbocycles. The second-order valence-electron chi connectivity index (χ2n) is 6.00. The predicted octanol–water partition coefficient (Wildman–Crippen LogP) is 3.24. The monoisotopic (exact) mass is 371 g/mol. The number of anilines is 1. The van der Waals surface area contributed by atoms with Crippen molar-refractivity contribution in [3.05, 3.63) is 51.7 Å². The zero-order chi connectivity index (χ0) is 18.7. The Bertz CT molecular complexity index is 935. The van der Waals surface area contributed by atoms with Crippen molar-refractivity contribution in [2.24, 2.45) is 0 Å². The van der Waals surface area contributed by atoms with Gasteiger partial charge in [-0.2, -0.15) is 0 Å². The van der Waals surface area contributed by atoms with Crippen LogP contribution < -0.4 is 5.32 Å². The van der Waals surface area contributed by atoms with E-state index in [0.29, 0.717) is 17.2 Å². The van der Waals surface area contributed by atoms with Gasteiger partial charge in [0.05, 0.1) is 19.1 Å². The zero-order valence-electron chi connectivity index (χ0n) is 15.0. The topological polar surface area (TPSA) is 84.3 Å². The maximum absolute atomic E-state index is 12.0. The van der Waals surface area contributed by atoms with E-state index in [1.54, 1.807) is 0 Å². The molecule has 0 aliphatic rings. The summed E-state index contributed by atoms with van der Waals surface area (Å²) >= 11 is 1.33. The average molecular weight is 371 g/mol. The molecular weight excluding hydrogens is 350 g/mol. The van der Waals surface area contributed by atoms with Gasteiger partial charge in [0.1, 0.15) is 21.3 Å². The van der Waals surface area contributed by atoms with Crippen molar-refractivity contribution < 1.29 is 14.6 Å². The number of aryl methyl sites for hydroxylation is 2. The standard InChI is InChI=1S/C19H21N3O3S/c1-11-15-17(20-9-8-13-4-6-14(10-23)7-5-13)21-12(2)22-18(15)26-16(11)19(24)25-3/h4-7,23H,8-10H2,1-3H3,(H,20,21,22). The van der Waals surface area contributed by atoms with Gasteiger partial charge in [0.2, 0.25) is 0 Å². The zero-order valence-corrected chi connectivity index (χ0v) is 15.8.